The Kier molecular flexibility index (Phi) is 3.47. The highest BCUT2D eigenvalue weighted by molar-refractivity contribution is 6.05. The molecule has 6 heteroatoms. The summed E-state index contributed by atoms with van der Waals surface area (Å²) in [5.74, 6) is -0.767. The van der Waals surface area contributed by atoms with Crippen molar-refractivity contribution in [2.45, 2.75) is 32.0 Å². The van der Waals surface area contributed by atoms with E-state index in [4.69, 9.17) is 0 Å². The monoisotopic (exact) mass is 287 g/mol. The minimum atomic E-state index is -0.546. The third kappa shape index (κ3) is 2.42. The molecule has 1 unspecified atom stereocenters. The summed E-state index contributed by atoms with van der Waals surface area (Å²) in [6.07, 6.45) is 0.676. The van der Waals surface area contributed by atoms with E-state index in [1.165, 1.54) is 0 Å². The smallest absolute Gasteiger partial charge is 0.255 e. The van der Waals surface area contributed by atoms with Gasteiger partial charge >= 0.3 is 0 Å². The molecule has 0 spiro atoms. The molecule has 6 nitrogen and oxygen atoms in total. The van der Waals surface area contributed by atoms with Gasteiger partial charge in [0.05, 0.1) is 0 Å². The summed E-state index contributed by atoms with van der Waals surface area (Å²) in [4.78, 5) is 37.2. The van der Waals surface area contributed by atoms with Gasteiger partial charge in [0.15, 0.2) is 0 Å². The number of nitrogens with one attached hydrogen (secondary N) is 2. The zero-order valence-corrected chi connectivity index (χ0v) is 11.8. The second kappa shape index (κ2) is 5.29. The lowest BCUT2D eigenvalue weighted by Crippen LogP contribution is -2.52. The molecule has 2 N–H and O–H groups in total. The molecule has 1 aromatic rings. The number of carbonyl (C=O) groups is 3. The van der Waals surface area contributed by atoms with Gasteiger partial charge in [-0.3, -0.25) is 19.7 Å². The first-order valence-electron chi connectivity index (χ1n) is 7.01. The maximum absolute atomic E-state index is 12.5. The lowest BCUT2D eigenvalue weighted by atomic mass is 10.0. The predicted molar refractivity (Wildman–Crippen MR) is 75.3 cm³/mol. The molecule has 2 aliphatic heterocycles. The summed E-state index contributed by atoms with van der Waals surface area (Å²) < 4.78 is 0. The van der Waals surface area contributed by atoms with Crippen molar-refractivity contribution in [1.29, 1.82) is 0 Å². The van der Waals surface area contributed by atoms with E-state index in [1.54, 1.807) is 4.90 Å². The molecule has 1 aromatic carbocycles. The van der Waals surface area contributed by atoms with E-state index in [0.717, 1.165) is 11.1 Å². The van der Waals surface area contributed by atoms with Gasteiger partial charge in [-0.2, -0.15) is 0 Å². The van der Waals surface area contributed by atoms with Gasteiger partial charge in [-0.05, 0) is 30.7 Å². The molecule has 0 aliphatic carbocycles. The number of benzene rings is 1. The van der Waals surface area contributed by atoms with Crippen molar-refractivity contribution in [2.75, 3.05) is 7.05 Å². The van der Waals surface area contributed by atoms with Gasteiger partial charge in [0.2, 0.25) is 11.8 Å². The van der Waals surface area contributed by atoms with Gasteiger partial charge in [-0.1, -0.05) is 12.1 Å². The van der Waals surface area contributed by atoms with Crippen molar-refractivity contribution in [1.82, 2.24) is 15.5 Å². The Morgan fingerprint density at radius 3 is 2.86 bits per heavy atom. The molecule has 21 heavy (non-hydrogen) atoms. The molecule has 1 atom stereocenters. The van der Waals surface area contributed by atoms with Crippen LogP contribution in [0.5, 0.6) is 0 Å². The fourth-order valence-electron chi connectivity index (χ4n) is 2.92. The number of amides is 3. The second-order valence-corrected chi connectivity index (χ2v) is 5.42. The topological polar surface area (TPSA) is 78.5 Å². The van der Waals surface area contributed by atoms with Crippen molar-refractivity contribution in [3.63, 3.8) is 0 Å². The third-order valence-corrected chi connectivity index (χ3v) is 3.97. The van der Waals surface area contributed by atoms with Crippen molar-refractivity contribution in [3.8, 4) is 0 Å². The summed E-state index contributed by atoms with van der Waals surface area (Å²) in [6.45, 7) is 1.12. The van der Waals surface area contributed by atoms with Crippen LogP contribution in [0.15, 0.2) is 18.2 Å². The zero-order valence-electron chi connectivity index (χ0n) is 11.8. The molecule has 0 radical (unpaired) electrons. The first-order valence-corrected chi connectivity index (χ1v) is 7.01. The average molecular weight is 287 g/mol. The molecule has 0 saturated carbocycles. The number of imide groups is 1. The molecule has 0 bridgehead atoms. The Morgan fingerprint density at radius 2 is 2.14 bits per heavy atom. The van der Waals surface area contributed by atoms with E-state index >= 15 is 0 Å². The lowest BCUT2D eigenvalue weighted by Gasteiger charge is -2.29. The van der Waals surface area contributed by atoms with E-state index in [2.05, 4.69) is 10.6 Å². The molecule has 0 aromatic heterocycles. The van der Waals surface area contributed by atoms with E-state index in [9.17, 15) is 14.4 Å². The SMILES string of the molecule is CNCc1ccc2c(c1)C(=O)N(C1CCC(=O)NC1=O)C2. The van der Waals surface area contributed by atoms with Crippen LogP contribution in [0.4, 0.5) is 0 Å². The van der Waals surface area contributed by atoms with Gasteiger partial charge in [0.1, 0.15) is 6.04 Å². The molecule has 1 fully saturated rings. The molecular formula is C15H17N3O3. The summed E-state index contributed by atoms with van der Waals surface area (Å²) in [5.41, 5.74) is 2.63. The second-order valence-electron chi connectivity index (χ2n) is 5.42. The standard InChI is InChI=1S/C15H17N3O3/c1-16-7-9-2-3-10-8-18(15(21)11(10)6-9)12-4-5-13(19)17-14(12)20/h2-3,6,12,16H,4-5,7-8H2,1H3,(H,17,19,20). The first-order chi connectivity index (χ1) is 10.1. The summed E-state index contributed by atoms with van der Waals surface area (Å²) in [7, 11) is 1.85. The van der Waals surface area contributed by atoms with E-state index in [0.29, 0.717) is 25.1 Å². The van der Waals surface area contributed by atoms with Crippen LogP contribution in [0, 0.1) is 0 Å². The quantitative estimate of drug-likeness (QED) is 0.777. The Balaban J connectivity index is 1.83. The molecule has 1 saturated heterocycles. The van der Waals surface area contributed by atoms with Crippen molar-refractivity contribution < 1.29 is 14.4 Å². The van der Waals surface area contributed by atoms with Gasteiger partial charge < -0.3 is 10.2 Å². The Labute approximate surface area is 122 Å². The van der Waals surface area contributed by atoms with Gasteiger partial charge in [0, 0.05) is 25.1 Å². The van der Waals surface area contributed by atoms with Crippen molar-refractivity contribution in [3.05, 3.63) is 34.9 Å². The maximum atomic E-state index is 12.5. The van der Waals surface area contributed by atoms with Crippen LogP contribution >= 0.6 is 0 Å². The molecule has 3 rings (SSSR count). The number of piperidine rings is 1. The van der Waals surface area contributed by atoms with Gasteiger partial charge in [-0.15, -0.1) is 0 Å². The number of carbonyl (C=O) groups excluding carboxylic acids is 3. The summed E-state index contributed by atoms with van der Waals surface area (Å²) in [6, 6.07) is 5.25. The zero-order chi connectivity index (χ0) is 15.0. The van der Waals surface area contributed by atoms with Crippen LogP contribution in [-0.4, -0.2) is 35.7 Å². The van der Waals surface area contributed by atoms with Gasteiger partial charge in [0.25, 0.3) is 5.91 Å². The van der Waals surface area contributed by atoms with Crippen LogP contribution in [0.1, 0.15) is 34.3 Å². The lowest BCUT2D eigenvalue weighted by molar-refractivity contribution is -0.136. The number of nitrogens with zero attached hydrogens (tertiary/aromatic N) is 1. The highest BCUT2D eigenvalue weighted by atomic mass is 16.2. The summed E-state index contributed by atoms with van der Waals surface area (Å²) in [5, 5.41) is 5.35. The molecular weight excluding hydrogens is 270 g/mol. The van der Waals surface area contributed by atoms with E-state index in [1.807, 2.05) is 25.2 Å². The van der Waals surface area contributed by atoms with E-state index < -0.39 is 6.04 Å². The van der Waals surface area contributed by atoms with Crippen LogP contribution in [0.3, 0.4) is 0 Å². The number of rotatable bonds is 3. The minimum Gasteiger partial charge on any atom is -0.322 e. The van der Waals surface area contributed by atoms with Crippen LogP contribution < -0.4 is 10.6 Å². The average Bonchev–Trinajstić information content (AvgIpc) is 2.77. The molecule has 110 valence electrons. The molecule has 2 aliphatic rings. The number of hydrogen-bond donors (Lipinski definition) is 2. The molecule has 2 heterocycles. The highest BCUT2D eigenvalue weighted by Gasteiger charge is 2.38. The fourth-order valence-corrected chi connectivity index (χ4v) is 2.92. The molecule has 3 amide bonds. The van der Waals surface area contributed by atoms with Gasteiger partial charge in [-0.25, -0.2) is 0 Å². The number of hydrogen-bond acceptors (Lipinski definition) is 4. The number of fused-ring (bicyclic) bond motifs is 1. The fraction of sp³-hybridized carbons (Fsp3) is 0.400. The first kappa shape index (κ1) is 13.8. The normalized spacial score (nSPS) is 21.5. The maximum Gasteiger partial charge on any atom is 0.255 e. The highest BCUT2D eigenvalue weighted by Crippen LogP contribution is 2.28. The van der Waals surface area contributed by atoms with Crippen LogP contribution in [0.2, 0.25) is 0 Å². The van der Waals surface area contributed by atoms with Crippen LogP contribution in [-0.2, 0) is 22.7 Å². The Bertz CT molecular complexity index is 627. The summed E-state index contributed by atoms with van der Waals surface area (Å²) >= 11 is 0. The van der Waals surface area contributed by atoms with Crippen molar-refractivity contribution in [2.24, 2.45) is 0 Å². The Morgan fingerprint density at radius 1 is 1.33 bits per heavy atom. The minimum absolute atomic E-state index is 0.127. The largest absolute Gasteiger partial charge is 0.322 e. The van der Waals surface area contributed by atoms with Crippen LogP contribution in [0.25, 0.3) is 0 Å². The third-order valence-electron chi connectivity index (χ3n) is 3.97. The van der Waals surface area contributed by atoms with Crippen molar-refractivity contribution >= 4 is 17.7 Å². The van der Waals surface area contributed by atoms with E-state index in [-0.39, 0.29) is 24.1 Å². The predicted octanol–water partition coefficient (Wildman–Crippen LogP) is 0.167. The Hall–Kier alpha value is -2.21.